The van der Waals surface area contributed by atoms with Gasteiger partial charge >= 0.3 is 0 Å². The van der Waals surface area contributed by atoms with E-state index in [0.717, 1.165) is 5.70 Å². The van der Waals surface area contributed by atoms with Gasteiger partial charge in [0.2, 0.25) is 0 Å². The number of ether oxygens (including phenoxy) is 2. The normalized spacial score (nSPS) is 20.0. The molecule has 2 aliphatic rings. The molecular formula is C32H31ClN2O4. The number of Topliss-reactive ketones (excluding diaryl/α,β-unsaturated/α-hetero) is 1. The molecule has 0 bridgehead atoms. The predicted octanol–water partition coefficient (Wildman–Crippen LogP) is 7.55. The van der Waals surface area contributed by atoms with Crippen molar-refractivity contribution in [2.45, 2.75) is 32.6 Å². The Morgan fingerprint density at radius 2 is 1.64 bits per heavy atom. The van der Waals surface area contributed by atoms with Crippen LogP contribution in [0.4, 0.5) is 5.69 Å². The number of nitrogens with zero attached hydrogens (tertiary/aromatic N) is 1. The second-order valence-corrected chi connectivity index (χ2v) is 11.0. The van der Waals surface area contributed by atoms with Gasteiger partial charge in [0, 0.05) is 34.4 Å². The van der Waals surface area contributed by atoms with Crippen LogP contribution in [0.5, 0.6) is 11.5 Å². The number of benzene rings is 3. The number of ketones is 1. The van der Waals surface area contributed by atoms with Crippen LogP contribution in [0.2, 0.25) is 5.02 Å². The molecule has 0 aromatic heterocycles. The van der Waals surface area contributed by atoms with Gasteiger partial charge in [0.05, 0.1) is 30.8 Å². The van der Waals surface area contributed by atoms with Crippen molar-refractivity contribution >= 4 is 34.7 Å². The fraction of sp³-hybridized carbons (Fsp3) is 0.250. The second-order valence-electron chi connectivity index (χ2n) is 10.6. The number of carbonyl (C=O) groups excluding carboxylic acids is 1. The fourth-order valence-corrected chi connectivity index (χ4v) is 5.85. The Morgan fingerprint density at radius 3 is 2.31 bits per heavy atom. The van der Waals surface area contributed by atoms with E-state index >= 15 is 0 Å². The van der Waals surface area contributed by atoms with Crippen molar-refractivity contribution in [1.82, 2.24) is 0 Å². The predicted molar refractivity (Wildman–Crippen MR) is 155 cm³/mol. The molecule has 7 heteroatoms. The van der Waals surface area contributed by atoms with E-state index in [-0.39, 0.29) is 22.8 Å². The van der Waals surface area contributed by atoms with Crippen molar-refractivity contribution in [3.8, 4) is 11.5 Å². The van der Waals surface area contributed by atoms with Crippen LogP contribution in [0.25, 0.3) is 5.76 Å². The average molecular weight is 543 g/mol. The third kappa shape index (κ3) is 4.70. The van der Waals surface area contributed by atoms with Crippen molar-refractivity contribution in [1.29, 1.82) is 5.41 Å². The topological polar surface area (TPSA) is 82.9 Å². The van der Waals surface area contributed by atoms with Crippen LogP contribution < -0.4 is 14.4 Å². The number of para-hydroxylation sites is 2. The first-order valence-electron chi connectivity index (χ1n) is 12.8. The highest BCUT2D eigenvalue weighted by atomic mass is 35.5. The lowest BCUT2D eigenvalue weighted by molar-refractivity contribution is -0.118. The average Bonchev–Trinajstić information content (AvgIpc) is 2.92. The highest BCUT2D eigenvalue weighted by molar-refractivity contribution is 6.34. The van der Waals surface area contributed by atoms with Crippen molar-refractivity contribution < 1.29 is 19.4 Å². The van der Waals surface area contributed by atoms with Crippen LogP contribution in [0.1, 0.15) is 43.7 Å². The van der Waals surface area contributed by atoms with Crippen LogP contribution in [-0.2, 0) is 4.79 Å². The summed E-state index contributed by atoms with van der Waals surface area (Å²) in [6.07, 6.45) is 0.904. The van der Waals surface area contributed by atoms with Crippen LogP contribution in [0, 0.1) is 10.8 Å². The maximum Gasteiger partial charge on any atom is 0.162 e. The number of allylic oxidation sites excluding steroid dienone is 2. The zero-order chi connectivity index (χ0) is 27.9. The lowest BCUT2D eigenvalue weighted by atomic mass is 9.67. The van der Waals surface area contributed by atoms with Gasteiger partial charge in [-0.25, -0.2) is 0 Å². The Balaban J connectivity index is 1.88. The lowest BCUT2D eigenvalue weighted by Gasteiger charge is -2.45. The lowest BCUT2D eigenvalue weighted by Crippen LogP contribution is -2.45. The van der Waals surface area contributed by atoms with Crippen molar-refractivity contribution in [3.63, 3.8) is 0 Å². The number of rotatable bonds is 5. The Kier molecular flexibility index (Phi) is 7.00. The standard InChI is InChI=1S/C32H31ClN2O4/c1-32(2)17-24-28(25(36)18-32)27(21-9-5-8-12-26(21)39-4)29(30(37)19-13-15-20(38-3)16-14-19)31(34)35(24)23-11-7-6-10-22(23)33/h5-16,27,34,37H,17-18H2,1-4H3/b30-29+,34-31?. The van der Waals surface area contributed by atoms with E-state index in [1.165, 1.54) is 0 Å². The number of carbonyl (C=O) groups is 1. The van der Waals surface area contributed by atoms with Gasteiger partial charge < -0.3 is 14.6 Å². The number of hydrogen-bond donors (Lipinski definition) is 2. The molecule has 200 valence electrons. The van der Waals surface area contributed by atoms with E-state index in [1.807, 2.05) is 42.5 Å². The molecule has 0 saturated heterocycles. The summed E-state index contributed by atoms with van der Waals surface area (Å²) in [5, 5.41) is 21.9. The minimum Gasteiger partial charge on any atom is -0.507 e. The summed E-state index contributed by atoms with van der Waals surface area (Å²) in [7, 11) is 3.16. The molecule has 0 spiro atoms. The van der Waals surface area contributed by atoms with E-state index in [2.05, 4.69) is 13.8 Å². The van der Waals surface area contributed by atoms with Crippen LogP contribution in [0.15, 0.2) is 89.6 Å². The van der Waals surface area contributed by atoms with Crippen LogP contribution in [0.3, 0.4) is 0 Å². The molecule has 1 atom stereocenters. The summed E-state index contributed by atoms with van der Waals surface area (Å²) < 4.78 is 11.0. The Labute approximate surface area is 233 Å². The number of amidine groups is 1. The van der Waals surface area contributed by atoms with Gasteiger partial charge in [-0.2, -0.15) is 0 Å². The SMILES string of the molecule is COc1ccc(/C(O)=C2\C(=N)N(c3ccccc3Cl)C3=C(C(=O)CC(C)(C)C3)C2c2ccccc2OC)cc1. The largest absolute Gasteiger partial charge is 0.507 e. The molecule has 1 aliphatic heterocycles. The van der Waals surface area contributed by atoms with Gasteiger partial charge in [0.25, 0.3) is 0 Å². The van der Waals surface area contributed by atoms with Gasteiger partial charge in [-0.15, -0.1) is 0 Å². The number of halogens is 1. The van der Waals surface area contributed by atoms with Gasteiger partial charge in [-0.05, 0) is 54.3 Å². The van der Waals surface area contributed by atoms with Crippen LogP contribution in [-0.4, -0.2) is 30.9 Å². The summed E-state index contributed by atoms with van der Waals surface area (Å²) in [5.41, 5.74) is 3.04. The maximum atomic E-state index is 14.0. The van der Waals surface area contributed by atoms with E-state index < -0.39 is 5.92 Å². The highest BCUT2D eigenvalue weighted by Gasteiger charge is 2.47. The van der Waals surface area contributed by atoms with Gasteiger partial charge in [-0.1, -0.05) is 55.8 Å². The first kappa shape index (κ1) is 26.6. The molecule has 3 aromatic rings. The quantitative estimate of drug-likeness (QED) is 0.325. The molecule has 1 unspecified atom stereocenters. The number of methoxy groups -OCH3 is 2. The van der Waals surface area contributed by atoms with Gasteiger partial charge in [-0.3, -0.25) is 15.1 Å². The maximum absolute atomic E-state index is 14.0. The molecule has 39 heavy (non-hydrogen) atoms. The minimum absolute atomic E-state index is 0.0262. The highest BCUT2D eigenvalue weighted by Crippen LogP contribution is 2.53. The van der Waals surface area contributed by atoms with Gasteiger partial charge in [0.15, 0.2) is 5.78 Å². The Morgan fingerprint density at radius 1 is 0.974 bits per heavy atom. The monoisotopic (exact) mass is 542 g/mol. The van der Waals surface area contributed by atoms with E-state index in [1.54, 1.807) is 49.5 Å². The number of nitrogens with one attached hydrogen (secondary N) is 1. The molecule has 0 amide bonds. The third-order valence-corrected chi connectivity index (χ3v) is 7.70. The molecule has 0 fully saturated rings. The summed E-state index contributed by atoms with van der Waals surface area (Å²) in [4.78, 5) is 15.8. The minimum atomic E-state index is -0.715. The summed E-state index contributed by atoms with van der Waals surface area (Å²) in [6, 6.07) is 21.7. The molecule has 0 radical (unpaired) electrons. The number of anilines is 1. The molecule has 1 aliphatic carbocycles. The molecular weight excluding hydrogens is 512 g/mol. The molecule has 2 N–H and O–H groups in total. The third-order valence-electron chi connectivity index (χ3n) is 7.38. The van der Waals surface area contributed by atoms with E-state index in [9.17, 15) is 15.3 Å². The molecule has 0 saturated carbocycles. The molecule has 6 nitrogen and oxygen atoms in total. The number of aliphatic hydroxyl groups is 1. The smallest absolute Gasteiger partial charge is 0.162 e. The number of hydrogen-bond acceptors (Lipinski definition) is 5. The fourth-order valence-electron chi connectivity index (χ4n) is 5.63. The second kappa shape index (κ2) is 10.3. The summed E-state index contributed by atoms with van der Waals surface area (Å²) in [6.45, 7) is 4.11. The van der Waals surface area contributed by atoms with Crippen molar-refractivity contribution in [2.75, 3.05) is 19.1 Å². The van der Waals surface area contributed by atoms with Crippen molar-refractivity contribution in [3.05, 3.63) is 106 Å². The number of aliphatic hydroxyl groups excluding tert-OH is 1. The summed E-state index contributed by atoms with van der Waals surface area (Å²) >= 11 is 6.68. The molecule has 1 heterocycles. The van der Waals surface area contributed by atoms with Gasteiger partial charge in [0.1, 0.15) is 23.1 Å². The molecule has 3 aromatic carbocycles. The van der Waals surface area contributed by atoms with Crippen LogP contribution >= 0.6 is 11.6 Å². The first-order chi connectivity index (χ1) is 18.7. The molecule has 5 rings (SSSR count). The van der Waals surface area contributed by atoms with E-state index in [0.29, 0.717) is 57.3 Å². The Hall–Kier alpha value is -4.03. The zero-order valence-corrected chi connectivity index (χ0v) is 23.2. The first-order valence-corrected chi connectivity index (χ1v) is 13.1. The Bertz CT molecular complexity index is 1520. The summed E-state index contributed by atoms with van der Waals surface area (Å²) in [5.74, 6) is 0.432. The van der Waals surface area contributed by atoms with Crippen molar-refractivity contribution in [2.24, 2.45) is 5.41 Å². The van der Waals surface area contributed by atoms with E-state index in [4.69, 9.17) is 21.1 Å². The zero-order valence-electron chi connectivity index (χ0n) is 22.4.